The summed E-state index contributed by atoms with van der Waals surface area (Å²) >= 11 is 0. The Bertz CT molecular complexity index is 101. The highest BCUT2D eigenvalue weighted by Gasteiger charge is 2.30. The van der Waals surface area contributed by atoms with Gasteiger partial charge in [0.1, 0.15) is 0 Å². The summed E-state index contributed by atoms with van der Waals surface area (Å²) in [6.07, 6.45) is 3.88. The van der Waals surface area contributed by atoms with E-state index in [0.29, 0.717) is 0 Å². The standard InChI is InChI=1S/C7H15NO/c1-7(8)5-3-2-4-6(7)9/h6,9H,2-5,8H2,1H3/t6-,7-/m0/s1. The molecule has 0 radical (unpaired) electrons. The van der Waals surface area contributed by atoms with E-state index in [1.54, 1.807) is 0 Å². The Morgan fingerprint density at radius 2 is 2.22 bits per heavy atom. The summed E-state index contributed by atoms with van der Waals surface area (Å²) in [4.78, 5) is 0. The van der Waals surface area contributed by atoms with E-state index in [-0.39, 0.29) is 11.6 Å². The Morgan fingerprint density at radius 3 is 2.56 bits per heavy atom. The van der Waals surface area contributed by atoms with Gasteiger partial charge in [0.15, 0.2) is 0 Å². The predicted octanol–water partition coefficient (Wildman–Crippen LogP) is 0.639. The third kappa shape index (κ3) is 1.43. The van der Waals surface area contributed by atoms with Crippen molar-refractivity contribution in [3.8, 4) is 0 Å². The van der Waals surface area contributed by atoms with Gasteiger partial charge in [-0.1, -0.05) is 12.8 Å². The molecule has 0 spiro atoms. The average molecular weight is 129 g/mol. The van der Waals surface area contributed by atoms with E-state index in [9.17, 15) is 5.11 Å². The molecule has 2 atom stereocenters. The fourth-order valence-electron chi connectivity index (χ4n) is 1.34. The first kappa shape index (κ1) is 7.03. The number of nitrogens with two attached hydrogens (primary N) is 1. The van der Waals surface area contributed by atoms with Gasteiger partial charge < -0.3 is 10.8 Å². The second kappa shape index (κ2) is 2.27. The SMILES string of the molecule is C[C@]1(N)CCCC[C@@H]1O. The molecule has 0 aromatic heterocycles. The molecule has 0 aromatic carbocycles. The Balaban J connectivity index is 2.49. The van der Waals surface area contributed by atoms with Crippen LogP contribution in [0.3, 0.4) is 0 Å². The lowest BCUT2D eigenvalue weighted by Crippen LogP contribution is -2.49. The van der Waals surface area contributed by atoms with Crippen molar-refractivity contribution in [1.82, 2.24) is 0 Å². The normalized spacial score (nSPS) is 45.0. The van der Waals surface area contributed by atoms with Crippen LogP contribution in [-0.2, 0) is 0 Å². The van der Waals surface area contributed by atoms with Crippen molar-refractivity contribution < 1.29 is 5.11 Å². The van der Waals surface area contributed by atoms with Crippen molar-refractivity contribution in [3.63, 3.8) is 0 Å². The first-order valence-corrected chi connectivity index (χ1v) is 3.60. The molecule has 1 aliphatic carbocycles. The van der Waals surface area contributed by atoms with Gasteiger partial charge in [-0.05, 0) is 19.8 Å². The fraction of sp³-hybridized carbons (Fsp3) is 1.00. The van der Waals surface area contributed by atoms with Gasteiger partial charge >= 0.3 is 0 Å². The fourth-order valence-corrected chi connectivity index (χ4v) is 1.34. The molecule has 0 saturated heterocycles. The van der Waals surface area contributed by atoms with E-state index in [2.05, 4.69) is 0 Å². The zero-order chi connectivity index (χ0) is 6.91. The highest BCUT2D eigenvalue weighted by Crippen LogP contribution is 2.25. The van der Waals surface area contributed by atoms with Gasteiger partial charge in [-0.15, -0.1) is 0 Å². The number of hydrogen-bond acceptors (Lipinski definition) is 2. The van der Waals surface area contributed by atoms with Crippen molar-refractivity contribution in [2.45, 2.75) is 44.2 Å². The molecule has 54 valence electrons. The monoisotopic (exact) mass is 129 g/mol. The smallest absolute Gasteiger partial charge is 0.0716 e. The molecule has 1 fully saturated rings. The maximum atomic E-state index is 9.31. The van der Waals surface area contributed by atoms with Crippen LogP contribution in [0.15, 0.2) is 0 Å². The second-order valence-corrected chi connectivity index (χ2v) is 3.27. The van der Waals surface area contributed by atoms with E-state index in [1.165, 1.54) is 6.42 Å². The summed E-state index contributed by atoms with van der Waals surface area (Å²) in [5, 5.41) is 9.31. The van der Waals surface area contributed by atoms with Crippen LogP contribution in [0, 0.1) is 0 Å². The van der Waals surface area contributed by atoms with E-state index >= 15 is 0 Å². The maximum absolute atomic E-state index is 9.31. The zero-order valence-electron chi connectivity index (χ0n) is 5.93. The molecule has 3 N–H and O–H groups in total. The molecule has 0 bridgehead atoms. The lowest BCUT2D eigenvalue weighted by atomic mass is 9.82. The summed E-state index contributed by atoms with van der Waals surface area (Å²) in [5.74, 6) is 0. The van der Waals surface area contributed by atoms with Crippen LogP contribution in [0.4, 0.5) is 0 Å². The van der Waals surface area contributed by atoms with Crippen LogP contribution < -0.4 is 5.73 Å². The molecule has 0 amide bonds. The highest BCUT2D eigenvalue weighted by atomic mass is 16.3. The van der Waals surface area contributed by atoms with Crippen molar-refractivity contribution in [3.05, 3.63) is 0 Å². The maximum Gasteiger partial charge on any atom is 0.0716 e. The third-order valence-electron chi connectivity index (χ3n) is 2.20. The third-order valence-corrected chi connectivity index (χ3v) is 2.20. The molecule has 0 aliphatic heterocycles. The molecular formula is C7H15NO. The minimum absolute atomic E-state index is 0.272. The van der Waals surface area contributed by atoms with Gasteiger partial charge in [-0.3, -0.25) is 0 Å². The Hall–Kier alpha value is -0.0800. The largest absolute Gasteiger partial charge is 0.391 e. The number of hydrogen-bond donors (Lipinski definition) is 2. The van der Waals surface area contributed by atoms with Gasteiger partial charge in [-0.2, -0.15) is 0 Å². The summed E-state index contributed by atoms with van der Waals surface area (Å²) in [5.41, 5.74) is 5.46. The molecule has 0 unspecified atom stereocenters. The van der Waals surface area contributed by atoms with E-state index in [0.717, 1.165) is 19.3 Å². The molecular weight excluding hydrogens is 114 g/mol. The van der Waals surface area contributed by atoms with Crippen molar-refractivity contribution >= 4 is 0 Å². The summed E-state index contributed by atoms with van der Waals surface area (Å²) in [6, 6.07) is 0. The summed E-state index contributed by atoms with van der Waals surface area (Å²) < 4.78 is 0. The van der Waals surface area contributed by atoms with Gasteiger partial charge in [0, 0.05) is 5.54 Å². The predicted molar refractivity (Wildman–Crippen MR) is 37.1 cm³/mol. The topological polar surface area (TPSA) is 46.2 Å². The van der Waals surface area contributed by atoms with Crippen LogP contribution in [0.2, 0.25) is 0 Å². The molecule has 0 heterocycles. The average Bonchev–Trinajstić information content (AvgIpc) is 1.77. The van der Waals surface area contributed by atoms with Gasteiger partial charge in [0.2, 0.25) is 0 Å². The lowest BCUT2D eigenvalue weighted by Gasteiger charge is -2.34. The van der Waals surface area contributed by atoms with Crippen LogP contribution in [-0.4, -0.2) is 16.7 Å². The lowest BCUT2D eigenvalue weighted by molar-refractivity contribution is 0.0571. The zero-order valence-corrected chi connectivity index (χ0v) is 5.93. The second-order valence-electron chi connectivity index (χ2n) is 3.27. The number of rotatable bonds is 0. The van der Waals surface area contributed by atoms with Crippen LogP contribution in [0.1, 0.15) is 32.6 Å². The molecule has 1 saturated carbocycles. The van der Waals surface area contributed by atoms with Gasteiger partial charge in [0.25, 0.3) is 0 Å². The van der Waals surface area contributed by atoms with E-state index in [4.69, 9.17) is 5.73 Å². The number of aliphatic hydroxyl groups is 1. The first-order valence-electron chi connectivity index (χ1n) is 3.60. The van der Waals surface area contributed by atoms with Crippen LogP contribution in [0.25, 0.3) is 0 Å². The van der Waals surface area contributed by atoms with Crippen LogP contribution >= 0.6 is 0 Å². The van der Waals surface area contributed by atoms with Crippen molar-refractivity contribution in [2.75, 3.05) is 0 Å². The molecule has 0 aromatic rings. The molecule has 2 heteroatoms. The Kier molecular flexibility index (Phi) is 1.78. The van der Waals surface area contributed by atoms with Gasteiger partial charge in [-0.25, -0.2) is 0 Å². The minimum Gasteiger partial charge on any atom is -0.391 e. The van der Waals surface area contributed by atoms with E-state index in [1.807, 2.05) is 6.92 Å². The summed E-state index contributed by atoms with van der Waals surface area (Å²) in [6.45, 7) is 1.93. The van der Waals surface area contributed by atoms with Crippen molar-refractivity contribution in [1.29, 1.82) is 0 Å². The molecule has 1 aliphatic rings. The highest BCUT2D eigenvalue weighted by molar-refractivity contribution is 4.89. The molecule has 9 heavy (non-hydrogen) atoms. The minimum atomic E-state index is -0.307. The molecule has 1 rings (SSSR count). The van der Waals surface area contributed by atoms with E-state index < -0.39 is 0 Å². The Labute approximate surface area is 56.1 Å². The quantitative estimate of drug-likeness (QED) is 0.504. The summed E-state index contributed by atoms with van der Waals surface area (Å²) in [7, 11) is 0. The Morgan fingerprint density at radius 1 is 1.56 bits per heavy atom. The van der Waals surface area contributed by atoms with Crippen LogP contribution in [0.5, 0.6) is 0 Å². The van der Waals surface area contributed by atoms with Gasteiger partial charge in [0.05, 0.1) is 6.10 Å². The first-order chi connectivity index (χ1) is 4.13. The van der Waals surface area contributed by atoms with Crippen molar-refractivity contribution in [2.24, 2.45) is 5.73 Å². The number of aliphatic hydroxyl groups excluding tert-OH is 1. The molecule has 2 nitrogen and oxygen atoms in total.